The van der Waals surface area contributed by atoms with E-state index in [1.165, 1.54) is 5.38 Å². The molecule has 33 heavy (non-hydrogen) atoms. The van der Waals surface area contributed by atoms with Crippen LogP contribution in [0.15, 0.2) is 53.9 Å². The third-order valence-corrected chi connectivity index (χ3v) is 6.07. The molecule has 0 aliphatic heterocycles. The number of benzene rings is 2. The van der Waals surface area contributed by atoms with E-state index < -0.39 is 24.0 Å². The van der Waals surface area contributed by atoms with Crippen LogP contribution in [0.4, 0.5) is 9.93 Å². The number of carboxylic acid groups (broad SMARTS) is 1. The number of aliphatic hydroxyl groups excluding tert-OH is 1. The fourth-order valence-corrected chi connectivity index (χ4v) is 4.45. The first-order valence-corrected chi connectivity index (χ1v) is 11.1. The smallest absolute Gasteiger partial charge is 0.413 e. The number of fused-ring (bicyclic) bond motifs is 3. The van der Waals surface area contributed by atoms with Gasteiger partial charge < -0.3 is 20.3 Å². The van der Waals surface area contributed by atoms with Crippen molar-refractivity contribution in [2.24, 2.45) is 0 Å². The average molecular weight is 468 g/mol. The number of carbonyl (C=O) groups excluding carboxylic acids is 2. The van der Waals surface area contributed by atoms with Crippen molar-refractivity contribution in [1.29, 1.82) is 0 Å². The largest absolute Gasteiger partial charge is 0.480 e. The van der Waals surface area contributed by atoms with Crippen LogP contribution in [0.1, 0.15) is 34.0 Å². The number of hydrogen-bond donors (Lipinski definition) is 4. The first-order valence-electron chi connectivity index (χ1n) is 10.2. The van der Waals surface area contributed by atoms with Crippen molar-refractivity contribution >= 4 is 34.4 Å². The highest BCUT2D eigenvalue weighted by Gasteiger charge is 2.29. The summed E-state index contributed by atoms with van der Waals surface area (Å²) in [6.07, 6.45) is -0.836. The van der Waals surface area contributed by atoms with Crippen LogP contribution in [0.3, 0.4) is 0 Å². The molecule has 2 amide bonds. The molecule has 0 saturated heterocycles. The zero-order chi connectivity index (χ0) is 23.4. The molecule has 0 radical (unpaired) electrons. The van der Waals surface area contributed by atoms with Crippen LogP contribution in [0.5, 0.6) is 0 Å². The number of thiazole rings is 1. The second-order valence-corrected chi connectivity index (χ2v) is 8.22. The molecule has 1 unspecified atom stereocenters. The quantitative estimate of drug-likeness (QED) is 0.399. The number of amides is 2. The molecule has 0 saturated carbocycles. The van der Waals surface area contributed by atoms with Crippen LogP contribution in [-0.2, 0) is 9.53 Å². The number of nitrogens with zero attached hydrogens (tertiary/aromatic N) is 1. The van der Waals surface area contributed by atoms with Crippen LogP contribution in [-0.4, -0.2) is 52.4 Å². The molecule has 0 fully saturated rings. The van der Waals surface area contributed by atoms with Gasteiger partial charge in [0.2, 0.25) is 0 Å². The Hall–Kier alpha value is -3.76. The predicted octanol–water partition coefficient (Wildman–Crippen LogP) is 3.07. The molecule has 4 rings (SSSR count). The van der Waals surface area contributed by atoms with Gasteiger partial charge >= 0.3 is 12.1 Å². The fraction of sp³-hybridized carbons (Fsp3) is 0.217. The van der Waals surface area contributed by atoms with Crippen LogP contribution < -0.4 is 10.6 Å². The summed E-state index contributed by atoms with van der Waals surface area (Å²) in [5.41, 5.74) is 4.39. The molecule has 0 bridgehead atoms. The van der Waals surface area contributed by atoms with Crippen molar-refractivity contribution in [1.82, 2.24) is 10.3 Å². The Labute approximate surface area is 193 Å². The Morgan fingerprint density at radius 2 is 1.70 bits per heavy atom. The fourth-order valence-electron chi connectivity index (χ4n) is 3.78. The SMILES string of the molecule is O=C(Nc1nc(C(=O)NC(CCO)C(=O)O)cs1)OCC1c2ccccc2-c2ccccc21. The third kappa shape index (κ3) is 4.86. The van der Waals surface area contributed by atoms with Gasteiger partial charge in [-0.15, -0.1) is 11.3 Å². The Bertz CT molecular complexity index is 1150. The van der Waals surface area contributed by atoms with Gasteiger partial charge in [-0.3, -0.25) is 10.1 Å². The summed E-state index contributed by atoms with van der Waals surface area (Å²) in [6, 6.07) is 14.8. The van der Waals surface area contributed by atoms with Crippen LogP contribution in [0.2, 0.25) is 0 Å². The average Bonchev–Trinajstić information content (AvgIpc) is 3.40. The number of aromatic nitrogens is 1. The van der Waals surface area contributed by atoms with E-state index in [2.05, 4.69) is 15.6 Å². The summed E-state index contributed by atoms with van der Waals surface area (Å²) in [6.45, 7) is -0.247. The maximum atomic E-state index is 12.4. The number of carbonyl (C=O) groups is 3. The van der Waals surface area contributed by atoms with Gasteiger partial charge in [-0.1, -0.05) is 48.5 Å². The number of hydrogen-bond acceptors (Lipinski definition) is 7. The summed E-state index contributed by atoms with van der Waals surface area (Å²) in [7, 11) is 0. The molecule has 1 aliphatic carbocycles. The number of rotatable bonds is 8. The number of aliphatic carboxylic acids is 1. The lowest BCUT2D eigenvalue weighted by atomic mass is 9.98. The zero-order valence-corrected chi connectivity index (χ0v) is 18.2. The van der Waals surface area contributed by atoms with E-state index in [0.717, 1.165) is 33.6 Å². The van der Waals surface area contributed by atoms with Gasteiger partial charge in [0, 0.05) is 24.3 Å². The van der Waals surface area contributed by atoms with E-state index in [4.69, 9.17) is 14.9 Å². The van der Waals surface area contributed by atoms with Crippen molar-refractivity contribution in [3.8, 4) is 11.1 Å². The van der Waals surface area contributed by atoms with Crippen LogP contribution in [0, 0.1) is 0 Å². The van der Waals surface area contributed by atoms with E-state index in [9.17, 15) is 14.4 Å². The lowest BCUT2D eigenvalue weighted by Crippen LogP contribution is -2.41. The topological polar surface area (TPSA) is 138 Å². The van der Waals surface area contributed by atoms with Crippen LogP contribution in [0.25, 0.3) is 11.1 Å². The molecule has 10 heteroatoms. The number of ether oxygens (including phenoxy) is 1. The second-order valence-electron chi connectivity index (χ2n) is 7.37. The molecule has 170 valence electrons. The van der Waals surface area contributed by atoms with Gasteiger partial charge in [-0.25, -0.2) is 14.6 Å². The van der Waals surface area contributed by atoms with E-state index in [-0.39, 0.29) is 36.4 Å². The van der Waals surface area contributed by atoms with Gasteiger partial charge in [0.05, 0.1) is 0 Å². The molecule has 9 nitrogen and oxygen atoms in total. The van der Waals surface area contributed by atoms with E-state index in [1.54, 1.807) is 0 Å². The maximum absolute atomic E-state index is 12.4. The third-order valence-electron chi connectivity index (χ3n) is 5.31. The molecule has 1 atom stereocenters. The first-order chi connectivity index (χ1) is 16.0. The Morgan fingerprint density at radius 1 is 1.06 bits per heavy atom. The highest BCUT2D eigenvalue weighted by atomic mass is 32.1. The van der Waals surface area contributed by atoms with Gasteiger partial charge in [-0.05, 0) is 22.3 Å². The minimum Gasteiger partial charge on any atom is -0.480 e. The molecular weight excluding hydrogens is 446 g/mol. The Morgan fingerprint density at radius 3 is 2.30 bits per heavy atom. The molecule has 1 heterocycles. The monoisotopic (exact) mass is 467 g/mol. The lowest BCUT2D eigenvalue weighted by Gasteiger charge is -2.14. The minimum absolute atomic E-state index is 0.0434. The Kier molecular flexibility index (Phi) is 6.66. The minimum atomic E-state index is -1.26. The highest BCUT2D eigenvalue weighted by molar-refractivity contribution is 7.14. The number of nitrogens with one attached hydrogen (secondary N) is 2. The maximum Gasteiger partial charge on any atom is 0.413 e. The summed E-state index contributed by atoms with van der Waals surface area (Å²) in [4.78, 5) is 39.7. The van der Waals surface area contributed by atoms with Crippen LogP contribution >= 0.6 is 11.3 Å². The van der Waals surface area contributed by atoms with Gasteiger partial charge in [-0.2, -0.15) is 0 Å². The van der Waals surface area contributed by atoms with Gasteiger partial charge in [0.15, 0.2) is 5.13 Å². The highest BCUT2D eigenvalue weighted by Crippen LogP contribution is 2.44. The van der Waals surface area contributed by atoms with Crippen molar-refractivity contribution < 1.29 is 29.3 Å². The molecule has 1 aromatic heterocycles. The van der Waals surface area contributed by atoms with E-state index >= 15 is 0 Å². The van der Waals surface area contributed by atoms with Crippen molar-refractivity contribution in [3.05, 3.63) is 70.7 Å². The molecule has 0 spiro atoms. The number of carboxylic acids is 1. The summed E-state index contributed by atoms with van der Waals surface area (Å²) in [5, 5.41) is 24.3. The normalized spacial score (nSPS) is 13.0. The van der Waals surface area contributed by atoms with E-state index in [0.29, 0.717) is 0 Å². The summed E-state index contributed by atoms with van der Waals surface area (Å²) >= 11 is 1.01. The van der Waals surface area contributed by atoms with Gasteiger partial charge in [0.25, 0.3) is 5.91 Å². The molecule has 1 aliphatic rings. The number of aliphatic hydroxyl groups is 1. The van der Waals surface area contributed by atoms with E-state index in [1.807, 2.05) is 48.5 Å². The Balaban J connectivity index is 1.36. The standard InChI is InChI=1S/C23H21N3O6S/c27-10-9-18(21(29)30)24-20(28)19-12-33-22(25-19)26-23(31)32-11-17-15-7-3-1-5-13(15)14-6-2-4-8-16(14)17/h1-8,12,17-18,27H,9-11H2,(H,24,28)(H,29,30)(H,25,26,31). The van der Waals surface area contributed by atoms with Crippen molar-refractivity contribution in [2.45, 2.75) is 18.4 Å². The van der Waals surface area contributed by atoms with Gasteiger partial charge in [0.1, 0.15) is 18.3 Å². The zero-order valence-electron chi connectivity index (χ0n) is 17.4. The predicted molar refractivity (Wildman–Crippen MR) is 121 cm³/mol. The molecule has 4 N–H and O–H groups in total. The van der Waals surface area contributed by atoms with Crippen molar-refractivity contribution in [3.63, 3.8) is 0 Å². The summed E-state index contributed by atoms with van der Waals surface area (Å²) < 4.78 is 5.45. The number of anilines is 1. The first kappa shape index (κ1) is 22.4. The summed E-state index contributed by atoms with van der Waals surface area (Å²) in [5.74, 6) is -2.06. The second kappa shape index (κ2) is 9.80. The molecular formula is C23H21N3O6S. The molecule has 2 aromatic carbocycles. The van der Waals surface area contributed by atoms with Crippen molar-refractivity contribution in [2.75, 3.05) is 18.5 Å². The molecule has 3 aromatic rings. The lowest BCUT2D eigenvalue weighted by molar-refractivity contribution is -0.139.